The third-order valence-corrected chi connectivity index (χ3v) is 11.3. The summed E-state index contributed by atoms with van der Waals surface area (Å²) in [5, 5.41) is 32.3. The monoisotopic (exact) mass is 604 g/mol. The van der Waals surface area contributed by atoms with Crippen molar-refractivity contribution in [3.8, 4) is 0 Å². The second-order valence-corrected chi connectivity index (χ2v) is 14.2. The molecule has 8 unspecified atom stereocenters. The van der Waals surface area contributed by atoms with Crippen LogP contribution in [-0.4, -0.2) is 80.4 Å². The standard InChI is InChI=1S/C16H22O6.C16H22O5/c1-3-12(17)21-7-13(18)22-16-6-11-4-14(19,9-16)8-15(20,5-11)10(16)2;1-3-13(17)20-9-14(18)21-16-7-11-4-12(8-16)6-15(19,5-11)10(16)2/h3,10-11,19-20H,1,4-9H2,2H3;3,10-12,19H,1,4-9H2,2H3. The second kappa shape index (κ2) is 11.0. The summed E-state index contributed by atoms with van der Waals surface area (Å²) in [5.74, 6) is -1.83. The van der Waals surface area contributed by atoms with Crippen LogP contribution in [0.15, 0.2) is 25.3 Å². The van der Waals surface area contributed by atoms with E-state index in [0.717, 1.165) is 44.3 Å². The first-order chi connectivity index (χ1) is 20.1. The fourth-order valence-corrected chi connectivity index (χ4v) is 9.89. The number of carbonyl (C=O) groups is 4. The molecule has 11 heteroatoms. The van der Waals surface area contributed by atoms with Gasteiger partial charge in [-0.05, 0) is 69.1 Å². The van der Waals surface area contributed by atoms with Gasteiger partial charge in [0.15, 0.2) is 13.2 Å². The van der Waals surface area contributed by atoms with Crippen LogP contribution in [0.25, 0.3) is 0 Å². The van der Waals surface area contributed by atoms with E-state index in [1.165, 1.54) is 0 Å². The largest absolute Gasteiger partial charge is 0.456 e. The van der Waals surface area contributed by atoms with Gasteiger partial charge in [0.2, 0.25) is 0 Å². The van der Waals surface area contributed by atoms with Crippen LogP contribution in [0.1, 0.15) is 78.1 Å². The Balaban J connectivity index is 0.000000171. The minimum atomic E-state index is -0.994. The summed E-state index contributed by atoms with van der Waals surface area (Å²) in [6.45, 7) is 9.49. The summed E-state index contributed by atoms with van der Waals surface area (Å²) < 4.78 is 20.8. The van der Waals surface area contributed by atoms with Crippen LogP contribution >= 0.6 is 0 Å². The fourth-order valence-electron chi connectivity index (χ4n) is 9.89. The molecule has 0 aromatic carbocycles. The first-order valence-electron chi connectivity index (χ1n) is 15.3. The van der Waals surface area contributed by atoms with Crippen LogP contribution in [0.3, 0.4) is 0 Å². The van der Waals surface area contributed by atoms with Gasteiger partial charge in [0.05, 0.1) is 16.8 Å². The van der Waals surface area contributed by atoms with E-state index in [0.29, 0.717) is 43.9 Å². The highest BCUT2D eigenvalue weighted by atomic mass is 16.6. The van der Waals surface area contributed by atoms with Crippen molar-refractivity contribution >= 4 is 23.9 Å². The lowest BCUT2D eigenvalue weighted by molar-refractivity contribution is -0.290. The quantitative estimate of drug-likeness (QED) is 0.211. The van der Waals surface area contributed by atoms with Crippen molar-refractivity contribution in [2.24, 2.45) is 29.6 Å². The molecule has 8 aliphatic rings. The van der Waals surface area contributed by atoms with E-state index in [1.807, 2.05) is 13.8 Å². The van der Waals surface area contributed by atoms with Crippen molar-refractivity contribution in [3.05, 3.63) is 25.3 Å². The summed E-state index contributed by atoms with van der Waals surface area (Å²) in [5.41, 5.74) is -4.13. The first kappa shape index (κ1) is 31.7. The highest BCUT2D eigenvalue weighted by Crippen LogP contribution is 2.63. The lowest BCUT2D eigenvalue weighted by atomic mass is 9.46. The molecule has 8 aliphatic carbocycles. The van der Waals surface area contributed by atoms with Gasteiger partial charge >= 0.3 is 23.9 Å². The van der Waals surface area contributed by atoms with Crippen LogP contribution in [0.5, 0.6) is 0 Å². The fraction of sp³-hybridized carbons (Fsp3) is 0.750. The average molecular weight is 605 g/mol. The Hall–Kier alpha value is -2.76. The predicted octanol–water partition coefficient (Wildman–Crippen LogP) is 2.29. The molecule has 0 saturated heterocycles. The number of rotatable bonds is 8. The minimum Gasteiger partial charge on any atom is -0.456 e. The average Bonchev–Trinajstić information content (AvgIpc) is 2.90. The Morgan fingerprint density at radius 1 is 0.674 bits per heavy atom. The van der Waals surface area contributed by atoms with E-state index in [4.69, 9.17) is 18.9 Å². The molecule has 3 N–H and O–H groups in total. The third kappa shape index (κ3) is 5.88. The van der Waals surface area contributed by atoms with E-state index in [-0.39, 0.29) is 17.8 Å². The van der Waals surface area contributed by atoms with Crippen LogP contribution in [-0.2, 0) is 38.1 Å². The van der Waals surface area contributed by atoms with Gasteiger partial charge < -0.3 is 34.3 Å². The highest BCUT2D eigenvalue weighted by molar-refractivity contribution is 5.84. The molecule has 8 atom stereocenters. The van der Waals surface area contributed by atoms with E-state index in [2.05, 4.69) is 13.2 Å². The summed E-state index contributed by atoms with van der Waals surface area (Å²) in [4.78, 5) is 46.0. The Labute approximate surface area is 251 Å². The van der Waals surface area contributed by atoms with Crippen molar-refractivity contribution in [2.45, 2.75) is 106 Å². The highest BCUT2D eigenvalue weighted by Gasteiger charge is 2.68. The lowest BCUT2D eigenvalue weighted by Gasteiger charge is -2.65. The van der Waals surface area contributed by atoms with E-state index in [9.17, 15) is 34.5 Å². The topological polar surface area (TPSA) is 166 Å². The molecule has 11 nitrogen and oxygen atoms in total. The van der Waals surface area contributed by atoms with Crippen LogP contribution in [0, 0.1) is 29.6 Å². The van der Waals surface area contributed by atoms with E-state index in [1.54, 1.807) is 0 Å². The van der Waals surface area contributed by atoms with Gasteiger partial charge in [-0.2, -0.15) is 0 Å². The number of hydrogen-bond acceptors (Lipinski definition) is 11. The van der Waals surface area contributed by atoms with Crippen LogP contribution in [0.4, 0.5) is 0 Å². The van der Waals surface area contributed by atoms with Gasteiger partial charge in [0.25, 0.3) is 0 Å². The number of hydrogen-bond donors (Lipinski definition) is 3. The number of carbonyl (C=O) groups excluding carboxylic acids is 4. The molecule has 0 spiro atoms. The van der Waals surface area contributed by atoms with E-state index >= 15 is 0 Å². The third-order valence-electron chi connectivity index (χ3n) is 11.3. The van der Waals surface area contributed by atoms with Crippen LogP contribution < -0.4 is 0 Å². The Kier molecular flexibility index (Phi) is 8.10. The summed E-state index contributed by atoms with van der Waals surface area (Å²) in [6.07, 6.45) is 8.97. The van der Waals surface area contributed by atoms with Gasteiger partial charge in [0, 0.05) is 36.8 Å². The number of ether oxygens (including phenoxy) is 4. The molecule has 0 aliphatic heterocycles. The molecule has 0 radical (unpaired) electrons. The molecule has 0 amide bonds. The van der Waals surface area contributed by atoms with Gasteiger partial charge in [-0.1, -0.05) is 27.0 Å². The summed E-state index contributed by atoms with van der Waals surface area (Å²) >= 11 is 0. The molecule has 43 heavy (non-hydrogen) atoms. The van der Waals surface area contributed by atoms with Crippen molar-refractivity contribution in [3.63, 3.8) is 0 Å². The van der Waals surface area contributed by atoms with Gasteiger partial charge in [-0.15, -0.1) is 0 Å². The molecular formula is C32H44O11. The van der Waals surface area contributed by atoms with Gasteiger partial charge in [-0.25, -0.2) is 19.2 Å². The summed E-state index contributed by atoms with van der Waals surface area (Å²) in [6, 6.07) is 0. The molecular weight excluding hydrogens is 560 g/mol. The van der Waals surface area contributed by atoms with Crippen molar-refractivity contribution in [1.82, 2.24) is 0 Å². The Bertz CT molecular complexity index is 1180. The molecule has 238 valence electrons. The molecule has 8 bridgehead atoms. The maximum absolute atomic E-state index is 12.0. The number of esters is 4. The Morgan fingerprint density at radius 3 is 1.65 bits per heavy atom. The molecule has 8 fully saturated rings. The zero-order chi connectivity index (χ0) is 31.4. The molecule has 0 aromatic rings. The zero-order valence-electron chi connectivity index (χ0n) is 25.0. The molecule has 8 saturated carbocycles. The first-order valence-corrected chi connectivity index (χ1v) is 15.3. The summed E-state index contributed by atoms with van der Waals surface area (Å²) in [7, 11) is 0. The lowest BCUT2D eigenvalue weighted by Crippen LogP contribution is -2.71. The Morgan fingerprint density at radius 2 is 1.14 bits per heavy atom. The zero-order valence-corrected chi connectivity index (χ0v) is 25.0. The van der Waals surface area contributed by atoms with Gasteiger partial charge in [-0.3, -0.25) is 0 Å². The molecule has 8 rings (SSSR count). The van der Waals surface area contributed by atoms with E-state index < -0.39 is 65.1 Å². The smallest absolute Gasteiger partial charge is 0.344 e. The molecule has 0 heterocycles. The van der Waals surface area contributed by atoms with Crippen molar-refractivity contribution < 1.29 is 53.4 Å². The van der Waals surface area contributed by atoms with Gasteiger partial charge in [0.1, 0.15) is 11.2 Å². The van der Waals surface area contributed by atoms with Crippen LogP contribution in [0.2, 0.25) is 0 Å². The maximum Gasteiger partial charge on any atom is 0.344 e. The molecule has 0 aromatic heterocycles. The number of aliphatic hydroxyl groups is 3. The van der Waals surface area contributed by atoms with Crippen molar-refractivity contribution in [1.29, 1.82) is 0 Å². The SMILES string of the molecule is C=CC(=O)OCC(=O)OC12CC3CC(CC(O)(C3)C1C)C2.C=CC(=O)OCC(=O)OC12CC3CC(O)(CC(O)(C3)C1C)C2. The minimum absolute atomic E-state index is 0.0724. The second-order valence-electron chi connectivity index (χ2n) is 14.2. The van der Waals surface area contributed by atoms with Crippen molar-refractivity contribution in [2.75, 3.05) is 13.2 Å². The normalized spacial score (nSPS) is 44.4. The maximum atomic E-state index is 12.0. The predicted molar refractivity (Wildman–Crippen MR) is 150 cm³/mol.